The molecule has 0 unspecified atom stereocenters. The summed E-state index contributed by atoms with van der Waals surface area (Å²) < 4.78 is 5.08. The standard InChI is InChI=1S/C9H6Br2N2O3/c10-2-1-6(3-7(11)4-14)9-12-8(5-15)16-13-9/h1-5,14H/b2-1+,6-3+,7-4-. The van der Waals surface area contributed by atoms with Crippen molar-refractivity contribution >= 4 is 43.7 Å². The quantitative estimate of drug-likeness (QED) is 0.513. The molecule has 1 heterocycles. The SMILES string of the molecule is O=Cc1nc(C(/C=C/Br)=C/C(Br)=C/O)no1. The van der Waals surface area contributed by atoms with Gasteiger partial charge in [0.1, 0.15) is 0 Å². The van der Waals surface area contributed by atoms with Crippen LogP contribution in [0.5, 0.6) is 0 Å². The first-order valence-corrected chi connectivity index (χ1v) is 5.69. The van der Waals surface area contributed by atoms with Crippen LogP contribution in [0.25, 0.3) is 5.57 Å². The number of aldehydes is 1. The van der Waals surface area contributed by atoms with E-state index < -0.39 is 0 Å². The maximum absolute atomic E-state index is 10.4. The van der Waals surface area contributed by atoms with Gasteiger partial charge in [0, 0.05) is 5.57 Å². The first-order valence-electron chi connectivity index (χ1n) is 3.99. The number of rotatable bonds is 4. The van der Waals surface area contributed by atoms with Crippen molar-refractivity contribution in [3.05, 3.63) is 39.6 Å². The van der Waals surface area contributed by atoms with E-state index >= 15 is 0 Å². The molecule has 0 amide bonds. The summed E-state index contributed by atoms with van der Waals surface area (Å²) in [6.45, 7) is 0. The fraction of sp³-hybridized carbons (Fsp3) is 0. The molecule has 1 aromatic rings. The van der Waals surface area contributed by atoms with Crippen LogP contribution < -0.4 is 0 Å². The summed E-state index contributed by atoms with van der Waals surface area (Å²) in [5.41, 5.74) is 0.561. The van der Waals surface area contributed by atoms with E-state index in [9.17, 15) is 4.79 Å². The number of aliphatic hydroxyl groups excluding tert-OH is 1. The number of aromatic nitrogens is 2. The summed E-state index contributed by atoms with van der Waals surface area (Å²) in [6.07, 6.45) is 4.55. The Morgan fingerprint density at radius 1 is 1.50 bits per heavy atom. The van der Waals surface area contributed by atoms with Gasteiger partial charge in [-0.3, -0.25) is 4.79 Å². The molecule has 5 nitrogen and oxygen atoms in total. The lowest BCUT2D eigenvalue weighted by molar-refractivity contribution is 0.108. The Morgan fingerprint density at radius 3 is 2.75 bits per heavy atom. The Balaban J connectivity index is 3.12. The predicted octanol–water partition coefficient (Wildman–Crippen LogP) is 2.97. The van der Waals surface area contributed by atoms with E-state index in [2.05, 4.69) is 46.5 Å². The number of aliphatic hydroxyl groups is 1. The molecular formula is C9H6Br2N2O3. The minimum atomic E-state index is -0.104. The van der Waals surface area contributed by atoms with Crippen LogP contribution in [-0.4, -0.2) is 21.5 Å². The Hall–Kier alpha value is -1.21. The van der Waals surface area contributed by atoms with E-state index in [0.717, 1.165) is 6.26 Å². The molecule has 84 valence electrons. The summed E-state index contributed by atoms with van der Waals surface area (Å²) in [7, 11) is 0. The van der Waals surface area contributed by atoms with Gasteiger partial charge in [0.05, 0.1) is 10.7 Å². The maximum Gasteiger partial charge on any atom is 0.291 e. The number of nitrogens with zero attached hydrogens (tertiary/aromatic N) is 2. The van der Waals surface area contributed by atoms with E-state index in [1.54, 1.807) is 17.1 Å². The van der Waals surface area contributed by atoms with Gasteiger partial charge in [-0.05, 0) is 33.1 Å². The fourth-order valence-corrected chi connectivity index (χ4v) is 1.37. The lowest BCUT2D eigenvalue weighted by Crippen LogP contribution is -1.86. The molecular weight excluding hydrogens is 344 g/mol. The zero-order valence-corrected chi connectivity index (χ0v) is 11.0. The third kappa shape index (κ3) is 3.42. The Kier molecular flexibility index (Phi) is 5.13. The Morgan fingerprint density at radius 2 is 2.25 bits per heavy atom. The third-order valence-electron chi connectivity index (χ3n) is 1.46. The monoisotopic (exact) mass is 348 g/mol. The highest BCUT2D eigenvalue weighted by Gasteiger charge is 2.08. The van der Waals surface area contributed by atoms with Gasteiger partial charge in [-0.15, -0.1) is 0 Å². The normalized spacial score (nSPS) is 13.4. The van der Waals surface area contributed by atoms with Crippen LogP contribution in [-0.2, 0) is 0 Å². The van der Waals surface area contributed by atoms with Crippen molar-refractivity contribution in [2.75, 3.05) is 0 Å². The van der Waals surface area contributed by atoms with Gasteiger partial charge in [0.2, 0.25) is 12.1 Å². The molecule has 7 heteroatoms. The molecule has 1 N–H and O–H groups in total. The largest absolute Gasteiger partial charge is 0.514 e. The van der Waals surface area contributed by atoms with Crippen molar-refractivity contribution in [1.29, 1.82) is 0 Å². The van der Waals surface area contributed by atoms with Crippen LogP contribution in [0.1, 0.15) is 16.5 Å². The second-order valence-corrected chi connectivity index (χ2v) is 3.92. The molecule has 0 radical (unpaired) electrons. The molecule has 0 atom stereocenters. The van der Waals surface area contributed by atoms with Crippen molar-refractivity contribution in [1.82, 2.24) is 10.1 Å². The highest BCUT2D eigenvalue weighted by atomic mass is 79.9. The number of halogens is 2. The summed E-state index contributed by atoms with van der Waals surface area (Å²) in [6, 6.07) is 0. The summed E-state index contributed by atoms with van der Waals surface area (Å²) in [4.78, 5) is 15.8. The molecule has 0 aromatic carbocycles. The van der Waals surface area contributed by atoms with Gasteiger partial charge < -0.3 is 9.63 Å². The van der Waals surface area contributed by atoms with E-state index in [0.29, 0.717) is 16.3 Å². The van der Waals surface area contributed by atoms with Crippen LogP contribution in [0, 0.1) is 0 Å². The maximum atomic E-state index is 10.4. The van der Waals surface area contributed by atoms with E-state index in [4.69, 9.17) is 5.11 Å². The highest BCUT2D eigenvalue weighted by Crippen LogP contribution is 2.18. The second kappa shape index (κ2) is 6.39. The van der Waals surface area contributed by atoms with Crippen molar-refractivity contribution in [3.63, 3.8) is 0 Å². The van der Waals surface area contributed by atoms with Crippen LogP contribution in [0.3, 0.4) is 0 Å². The molecule has 0 saturated carbocycles. The van der Waals surface area contributed by atoms with Crippen molar-refractivity contribution < 1.29 is 14.4 Å². The topological polar surface area (TPSA) is 76.2 Å². The van der Waals surface area contributed by atoms with Crippen molar-refractivity contribution in [3.8, 4) is 0 Å². The van der Waals surface area contributed by atoms with Gasteiger partial charge >= 0.3 is 0 Å². The molecule has 0 spiro atoms. The lowest BCUT2D eigenvalue weighted by atomic mass is 10.2. The minimum absolute atomic E-state index is 0.104. The van der Waals surface area contributed by atoms with Gasteiger partial charge in [0.15, 0.2) is 0 Å². The number of carbonyl (C=O) groups is 1. The summed E-state index contributed by atoms with van der Waals surface area (Å²) in [5.74, 6) is 0.143. The van der Waals surface area contributed by atoms with Gasteiger partial charge in [-0.1, -0.05) is 21.1 Å². The van der Waals surface area contributed by atoms with Gasteiger partial charge in [-0.2, -0.15) is 4.98 Å². The molecule has 0 saturated heterocycles. The predicted molar refractivity (Wildman–Crippen MR) is 65.4 cm³/mol. The number of carbonyl (C=O) groups excluding carboxylic acids is 1. The summed E-state index contributed by atoms with van der Waals surface area (Å²) >= 11 is 6.21. The fourth-order valence-electron chi connectivity index (χ4n) is 0.841. The van der Waals surface area contributed by atoms with Crippen molar-refractivity contribution in [2.45, 2.75) is 0 Å². The van der Waals surface area contributed by atoms with Crippen LogP contribution in [0.2, 0.25) is 0 Å². The zero-order valence-electron chi connectivity index (χ0n) is 7.80. The summed E-state index contributed by atoms with van der Waals surface area (Å²) in [5, 5.41) is 12.3. The van der Waals surface area contributed by atoms with Crippen LogP contribution >= 0.6 is 31.9 Å². The average Bonchev–Trinajstić information content (AvgIpc) is 2.76. The average molecular weight is 350 g/mol. The Labute approximate surface area is 108 Å². The number of hydrogen-bond donors (Lipinski definition) is 1. The van der Waals surface area contributed by atoms with E-state index in [1.165, 1.54) is 0 Å². The van der Waals surface area contributed by atoms with Gasteiger partial charge in [0.25, 0.3) is 5.89 Å². The first kappa shape index (κ1) is 12.9. The Bertz CT molecular complexity index is 463. The molecule has 0 aliphatic heterocycles. The van der Waals surface area contributed by atoms with Gasteiger partial charge in [-0.25, -0.2) is 0 Å². The zero-order chi connectivity index (χ0) is 12.0. The number of hydrogen-bond acceptors (Lipinski definition) is 5. The molecule has 16 heavy (non-hydrogen) atoms. The number of allylic oxidation sites excluding steroid dienone is 4. The molecule has 1 rings (SSSR count). The van der Waals surface area contributed by atoms with E-state index in [1.807, 2.05) is 0 Å². The first-order chi connectivity index (χ1) is 7.71. The molecule has 1 aromatic heterocycles. The molecule has 0 aliphatic carbocycles. The second-order valence-electron chi connectivity index (χ2n) is 2.48. The van der Waals surface area contributed by atoms with Crippen molar-refractivity contribution in [2.24, 2.45) is 0 Å². The molecule has 0 fully saturated rings. The smallest absolute Gasteiger partial charge is 0.291 e. The highest BCUT2D eigenvalue weighted by molar-refractivity contribution is 9.12. The van der Waals surface area contributed by atoms with Crippen LogP contribution in [0.4, 0.5) is 0 Å². The molecule has 0 bridgehead atoms. The third-order valence-corrected chi connectivity index (χ3v) is 2.16. The molecule has 0 aliphatic rings. The van der Waals surface area contributed by atoms with E-state index in [-0.39, 0.29) is 11.7 Å². The minimum Gasteiger partial charge on any atom is -0.514 e. The lowest BCUT2D eigenvalue weighted by Gasteiger charge is -1.93. The van der Waals surface area contributed by atoms with Crippen LogP contribution in [0.15, 0.2) is 32.4 Å².